The van der Waals surface area contributed by atoms with Gasteiger partial charge >= 0.3 is 7.82 Å². The summed E-state index contributed by atoms with van der Waals surface area (Å²) in [5.74, 6) is -0.191. The molecule has 9 heteroatoms. The summed E-state index contributed by atoms with van der Waals surface area (Å²) in [5, 5.41) is 13.6. The van der Waals surface area contributed by atoms with Gasteiger partial charge in [0.2, 0.25) is 5.91 Å². The highest BCUT2D eigenvalue weighted by Crippen LogP contribution is 2.43. The number of amides is 1. The van der Waals surface area contributed by atoms with Crippen molar-refractivity contribution in [3.05, 3.63) is 24.3 Å². The highest BCUT2D eigenvalue weighted by molar-refractivity contribution is 7.47. The highest BCUT2D eigenvalue weighted by atomic mass is 31.2. The fourth-order valence-corrected chi connectivity index (χ4v) is 5.86. The summed E-state index contributed by atoms with van der Waals surface area (Å²) in [6.07, 6.45) is 32.7. The van der Waals surface area contributed by atoms with E-state index in [1.807, 2.05) is 27.2 Å². The molecule has 3 unspecified atom stereocenters. The first kappa shape index (κ1) is 45.0. The van der Waals surface area contributed by atoms with Crippen LogP contribution in [0.15, 0.2) is 24.3 Å². The Kier molecular flexibility index (Phi) is 29.4. The summed E-state index contributed by atoms with van der Waals surface area (Å²) in [5.41, 5.74) is 0. The molecule has 0 heterocycles. The molecule has 0 radical (unpaired) electrons. The number of phosphoric ester groups is 1. The third-order valence-corrected chi connectivity index (χ3v) is 9.14. The maximum atomic E-state index is 12.7. The Morgan fingerprint density at radius 3 is 1.70 bits per heavy atom. The van der Waals surface area contributed by atoms with E-state index in [1.54, 1.807) is 6.08 Å². The van der Waals surface area contributed by atoms with Crippen LogP contribution in [-0.4, -0.2) is 73.4 Å². The zero-order valence-corrected chi connectivity index (χ0v) is 31.5. The predicted molar refractivity (Wildman–Crippen MR) is 194 cm³/mol. The van der Waals surface area contributed by atoms with Crippen LogP contribution >= 0.6 is 7.82 Å². The summed E-state index contributed by atoms with van der Waals surface area (Å²) >= 11 is 0. The topological polar surface area (TPSA) is 105 Å². The predicted octanol–water partition coefficient (Wildman–Crippen LogP) is 9.41. The second-order valence-corrected chi connectivity index (χ2v) is 15.4. The maximum absolute atomic E-state index is 12.7. The van der Waals surface area contributed by atoms with E-state index in [2.05, 4.69) is 31.3 Å². The molecular weight excluding hydrogens is 599 g/mol. The first-order chi connectivity index (χ1) is 22.0. The lowest BCUT2D eigenvalue weighted by Gasteiger charge is -2.25. The molecule has 0 aromatic rings. The van der Waals surface area contributed by atoms with Crippen molar-refractivity contribution in [1.29, 1.82) is 0 Å². The van der Waals surface area contributed by atoms with Gasteiger partial charge in [-0.15, -0.1) is 0 Å². The van der Waals surface area contributed by atoms with Crippen LogP contribution < -0.4 is 5.32 Å². The monoisotopic (exact) mass is 674 g/mol. The Balaban J connectivity index is 4.35. The summed E-state index contributed by atoms with van der Waals surface area (Å²) in [6.45, 7) is 4.67. The highest BCUT2D eigenvalue weighted by Gasteiger charge is 2.27. The summed E-state index contributed by atoms with van der Waals surface area (Å²) in [7, 11) is 1.55. The van der Waals surface area contributed by atoms with Crippen molar-refractivity contribution in [3.63, 3.8) is 0 Å². The van der Waals surface area contributed by atoms with Gasteiger partial charge in [0.1, 0.15) is 13.2 Å². The van der Waals surface area contributed by atoms with E-state index in [1.165, 1.54) is 89.9 Å². The Morgan fingerprint density at radius 1 is 0.717 bits per heavy atom. The lowest BCUT2D eigenvalue weighted by atomic mass is 10.0. The van der Waals surface area contributed by atoms with E-state index in [0.717, 1.165) is 44.9 Å². The van der Waals surface area contributed by atoms with Gasteiger partial charge < -0.3 is 19.8 Å². The van der Waals surface area contributed by atoms with E-state index < -0.39 is 20.0 Å². The van der Waals surface area contributed by atoms with Crippen molar-refractivity contribution in [2.24, 2.45) is 0 Å². The molecule has 0 spiro atoms. The molecule has 0 aliphatic rings. The molecule has 0 saturated carbocycles. The largest absolute Gasteiger partial charge is 0.472 e. The lowest BCUT2D eigenvalue weighted by Crippen LogP contribution is -2.45. The number of allylic oxidation sites excluding steroid dienone is 3. The lowest BCUT2D eigenvalue weighted by molar-refractivity contribution is -0.870. The molecule has 8 nitrogen and oxygen atoms in total. The number of carbonyl (C=O) groups excluding carboxylic acids is 1. The maximum Gasteiger partial charge on any atom is 0.472 e. The van der Waals surface area contributed by atoms with Gasteiger partial charge in [-0.3, -0.25) is 13.8 Å². The summed E-state index contributed by atoms with van der Waals surface area (Å²) < 4.78 is 23.3. The van der Waals surface area contributed by atoms with Crippen LogP contribution in [-0.2, 0) is 18.4 Å². The zero-order valence-electron chi connectivity index (χ0n) is 30.6. The van der Waals surface area contributed by atoms with Crippen LogP contribution in [0.2, 0.25) is 0 Å². The van der Waals surface area contributed by atoms with Gasteiger partial charge in [0, 0.05) is 6.42 Å². The van der Waals surface area contributed by atoms with Gasteiger partial charge in [0.15, 0.2) is 0 Å². The van der Waals surface area contributed by atoms with Crippen molar-refractivity contribution in [3.8, 4) is 0 Å². The van der Waals surface area contributed by atoms with Gasteiger partial charge in [-0.05, 0) is 25.7 Å². The molecule has 3 atom stereocenters. The zero-order chi connectivity index (χ0) is 34.4. The number of unbranched alkanes of at least 4 members (excludes halogenated alkanes) is 18. The third-order valence-electron chi connectivity index (χ3n) is 8.16. The van der Waals surface area contributed by atoms with Crippen LogP contribution in [0.3, 0.4) is 0 Å². The van der Waals surface area contributed by atoms with Gasteiger partial charge in [-0.25, -0.2) is 4.57 Å². The average Bonchev–Trinajstić information content (AvgIpc) is 2.99. The fourth-order valence-electron chi connectivity index (χ4n) is 5.12. The molecule has 0 bridgehead atoms. The molecule has 0 aliphatic heterocycles. The molecule has 272 valence electrons. The molecule has 0 aromatic carbocycles. The molecule has 0 aliphatic carbocycles. The van der Waals surface area contributed by atoms with Gasteiger partial charge in [-0.1, -0.05) is 147 Å². The number of nitrogens with one attached hydrogen (secondary N) is 1. The molecular formula is C37H74N2O6P+. The van der Waals surface area contributed by atoms with Crippen molar-refractivity contribution >= 4 is 13.7 Å². The molecule has 0 rings (SSSR count). The first-order valence-corrected chi connectivity index (χ1v) is 20.2. The number of nitrogens with zero attached hydrogens (tertiary/aromatic N) is 1. The van der Waals surface area contributed by atoms with Crippen LogP contribution in [0.25, 0.3) is 0 Å². The van der Waals surface area contributed by atoms with Crippen LogP contribution in [0.1, 0.15) is 155 Å². The average molecular weight is 674 g/mol. The molecule has 0 saturated heterocycles. The molecule has 0 fully saturated rings. The number of aliphatic hydroxyl groups is 1. The second-order valence-electron chi connectivity index (χ2n) is 13.9. The van der Waals surface area contributed by atoms with Crippen molar-refractivity contribution in [2.45, 2.75) is 167 Å². The van der Waals surface area contributed by atoms with Crippen LogP contribution in [0, 0.1) is 0 Å². The molecule has 46 heavy (non-hydrogen) atoms. The number of quaternary nitrogens is 1. The number of rotatable bonds is 33. The van der Waals surface area contributed by atoms with Crippen molar-refractivity contribution in [2.75, 3.05) is 40.9 Å². The van der Waals surface area contributed by atoms with Gasteiger partial charge in [0.05, 0.1) is 39.9 Å². The number of aliphatic hydroxyl groups excluding tert-OH is 1. The van der Waals surface area contributed by atoms with Gasteiger partial charge in [-0.2, -0.15) is 0 Å². The minimum atomic E-state index is -4.32. The SMILES string of the molecule is CCC/C=C/CC/C=C/C(O)C(COP(=O)(O)OCC[N+](C)(C)C)NC(=O)CCCCCCCCCCCCCCCCCCC. The smallest absolute Gasteiger partial charge is 0.387 e. The summed E-state index contributed by atoms with van der Waals surface area (Å²) in [6, 6.07) is -0.854. The standard InChI is InChI=1S/C37H73N2O6P/c1-6-8-10-12-14-15-16-17-18-19-20-21-22-23-25-27-29-31-37(41)38-35(36(40)30-28-26-24-13-11-9-7-2)34-45-46(42,43)44-33-32-39(3,4)5/h11,13,28,30,35-36,40H,6-10,12,14-27,29,31-34H2,1-5H3,(H-,38,41,42,43)/p+1/b13-11+,30-28+. The quantitative estimate of drug-likeness (QED) is 0.0278. The van der Waals surface area contributed by atoms with E-state index in [-0.39, 0.29) is 19.1 Å². The van der Waals surface area contributed by atoms with Crippen LogP contribution in [0.5, 0.6) is 0 Å². The van der Waals surface area contributed by atoms with Crippen molar-refractivity contribution in [1.82, 2.24) is 5.32 Å². The van der Waals surface area contributed by atoms with E-state index in [9.17, 15) is 19.4 Å². The summed E-state index contributed by atoms with van der Waals surface area (Å²) in [4.78, 5) is 22.9. The van der Waals surface area contributed by atoms with Crippen molar-refractivity contribution < 1.29 is 32.9 Å². The second kappa shape index (κ2) is 30.1. The van der Waals surface area contributed by atoms with Crippen LogP contribution in [0.4, 0.5) is 0 Å². The van der Waals surface area contributed by atoms with E-state index >= 15 is 0 Å². The number of phosphoric acid groups is 1. The normalized spacial score (nSPS) is 15.0. The number of likely N-dealkylation sites (N-methyl/N-ethyl adjacent to an activating group) is 1. The first-order valence-electron chi connectivity index (χ1n) is 18.7. The Morgan fingerprint density at radius 2 is 1.20 bits per heavy atom. The van der Waals surface area contributed by atoms with E-state index in [0.29, 0.717) is 17.4 Å². The third kappa shape index (κ3) is 31.6. The fraction of sp³-hybridized carbons (Fsp3) is 0.865. The Labute approximate surface area is 284 Å². The molecule has 0 aromatic heterocycles. The molecule has 1 amide bonds. The number of hydrogen-bond donors (Lipinski definition) is 3. The number of hydrogen-bond acceptors (Lipinski definition) is 5. The number of carbonyl (C=O) groups is 1. The minimum absolute atomic E-state index is 0.0572. The van der Waals surface area contributed by atoms with Gasteiger partial charge in [0.25, 0.3) is 0 Å². The Bertz CT molecular complexity index is 814. The molecule has 3 N–H and O–H groups in total. The minimum Gasteiger partial charge on any atom is -0.387 e. The Hall–Kier alpha value is -1.02. The van der Waals surface area contributed by atoms with E-state index in [4.69, 9.17) is 9.05 Å².